The Labute approximate surface area is 568 Å². The number of carbonyl (C=O) groups excluding carboxylic acids is 4. The predicted octanol–water partition coefficient (Wildman–Crippen LogP) is 21.7. The Morgan fingerprint density at radius 1 is 0.301 bits per heavy atom. The van der Waals surface area contributed by atoms with Crippen LogP contribution in [0.15, 0.2) is 0 Å². The molecule has 0 spiro atoms. The molecule has 0 saturated carbocycles. The molecule has 0 rings (SSSR count). The molecule has 0 aromatic rings. The van der Waals surface area contributed by atoms with Crippen LogP contribution >= 0.6 is 15.6 Å². The maximum atomic E-state index is 13.1. The van der Waals surface area contributed by atoms with Crippen LogP contribution in [0.1, 0.15) is 388 Å². The van der Waals surface area contributed by atoms with Crippen LogP contribution in [0.3, 0.4) is 0 Å². The summed E-state index contributed by atoms with van der Waals surface area (Å²) in [6.45, 7) is 7.13. The molecule has 0 saturated heterocycles. The third kappa shape index (κ3) is 67.0. The fraction of sp³-hybridized carbons (Fsp3) is 0.946. The van der Waals surface area contributed by atoms with E-state index in [0.29, 0.717) is 25.7 Å². The highest BCUT2D eigenvalue weighted by molar-refractivity contribution is 7.47. The van der Waals surface area contributed by atoms with Crippen molar-refractivity contribution >= 4 is 39.5 Å². The summed E-state index contributed by atoms with van der Waals surface area (Å²) in [5, 5.41) is 10.6. The summed E-state index contributed by atoms with van der Waals surface area (Å²) in [5.41, 5.74) is 0. The molecule has 0 aliphatic heterocycles. The zero-order valence-corrected chi connectivity index (χ0v) is 62.2. The number of esters is 4. The van der Waals surface area contributed by atoms with Crippen LogP contribution in [-0.4, -0.2) is 96.7 Å². The van der Waals surface area contributed by atoms with Gasteiger partial charge in [0, 0.05) is 25.7 Å². The Morgan fingerprint density at radius 3 is 0.763 bits per heavy atom. The first-order valence-corrected chi connectivity index (χ1v) is 41.7. The lowest BCUT2D eigenvalue weighted by molar-refractivity contribution is -0.161. The first-order chi connectivity index (χ1) is 45.1. The summed E-state index contributed by atoms with van der Waals surface area (Å²) < 4.78 is 68.2. The predicted molar refractivity (Wildman–Crippen MR) is 377 cm³/mol. The van der Waals surface area contributed by atoms with E-state index < -0.39 is 97.5 Å². The number of phosphoric acid groups is 2. The first-order valence-electron chi connectivity index (χ1n) is 38.7. The molecule has 93 heavy (non-hydrogen) atoms. The molecule has 19 heteroatoms. The number of hydrogen-bond donors (Lipinski definition) is 3. The molecule has 0 aliphatic rings. The molecule has 0 fully saturated rings. The average Bonchev–Trinajstić information content (AvgIpc) is 1.76. The molecule has 0 heterocycles. The van der Waals surface area contributed by atoms with E-state index in [9.17, 15) is 43.2 Å². The van der Waals surface area contributed by atoms with Crippen LogP contribution in [0.4, 0.5) is 0 Å². The Kier molecular flexibility index (Phi) is 65.9. The van der Waals surface area contributed by atoms with E-state index in [1.165, 1.54) is 205 Å². The van der Waals surface area contributed by atoms with E-state index in [2.05, 4.69) is 34.6 Å². The second kappa shape index (κ2) is 67.3. The van der Waals surface area contributed by atoms with Crippen molar-refractivity contribution in [1.29, 1.82) is 0 Å². The zero-order valence-electron chi connectivity index (χ0n) is 60.4. The van der Waals surface area contributed by atoms with Gasteiger partial charge < -0.3 is 33.8 Å². The summed E-state index contributed by atoms with van der Waals surface area (Å²) >= 11 is 0. The molecule has 17 nitrogen and oxygen atoms in total. The summed E-state index contributed by atoms with van der Waals surface area (Å²) in [6, 6.07) is 0. The van der Waals surface area contributed by atoms with Gasteiger partial charge in [-0.05, 0) is 31.6 Å². The van der Waals surface area contributed by atoms with Crippen molar-refractivity contribution in [2.24, 2.45) is 5.92 Å². The topological polar surface area (TPSA) is 237 Å². The molecule has 3 unspecified atom stereocenters. The zero-order chi connectivity index (χ0) is 68.4. The first kappa shape index (κ1) is 91.1. The van der Waals surface area contributed by atoms with Crippen LogP contribution in [0.25, 0.3) is 0 Å². The highest BCUT2D eigenvalue weighted by Gasteiger charge is 2.30. The van der Waals surface area contributed by atoms with E-state index in [1.54, 1.807) is 0 Å². The number of carbonyl (C=O) groups is 4. The van der Waals surface area contributed by atoms with Gasteiger partial charge in [0.1, 0.15) is 19.3 Å². The number of rotatable bonds is 74. The fourth-order valence-corrected chi connectivity index (χ4v) is 12.9. The van der Waals surface area contributed by atoms with E-state index >= 15 is 0 Å². The van der Waals surface area contributed by atoms with Crippen LogP contribution in [0.5, 0.6) is 0 Å². The smallest absolute Gasteiger partial charge is 0.462 e. The summed E-state index contributed by atoms with van der Waals surface area (Å²) in [7, 11) is -9.89. The van der Waals surface area contributed by atoms with Gasteiger partial charge in [-0.15, -0.1) is 0 Å². The quantitative estimate of drug-likeness (QED) is 0.0222. The second-order valence-corrected chi connectivity index (χ2v) is 29.8. The molecule has 0 bridgehead atoms. The molecular formula is C74H144O17P2. The van der Waals surface area contributed by atoms with Crippen molar-refractivity contribution in [3.05, 3.63) is 0 Å². The molecule has 0 amide bonds. The Hall–Kier alpha value is -1.94. The standard InChI is InChI=1S/C74H144O17P2/c1-6-10-13-16-18-20-22-24-26-28-30-31-33-35-37-39-41-43-49-54-59-73(78)90-70(64-85-72(77)58-53-48-42-40-38-36-34-32-29-27-25-23-21-19-17-14-11-7-2)66-89-93(82,83)87-62-68(75)61-86-92(80,81)88-65-69(63-84-71(76)57-52-46-15-12-8-3)91-74(79)60-55-50-45-44-47-51-56-67(5)9-4/h67-70,75H,6-66H2,1-5H3,(H,80,81)(H,82,83)/t67?,68-,69+,70+/m0/s1. The van der Waals surface area contributed by atoms with Crippen molar-refractivity contribution in [3.63, 3.8) is 0 Å². The average molecular weight is 1370 g/mol. The van der Waals surface area contributed by atoms with E-state index in [1.807, 2.05) is 0 Å². The van der Waals surface area contributed by atoms with E-state index in [4.69, 9.17) is 37.0 Å². The largest absolute Gasteiger partial charge is 0.472 e. The van der Waals surface area contributed by atoms with E-state index in [-0.39, 0.29) is 25.7 Å². The van der Waals surface area contributed by atoms with Gasteiger partial charge in [-0.1, -0.05) is 336 Å². The highest BCUT2D eigenvalue weighted by Crippen LogP contribution is 2.45. The Bertz CT molecular complexity index is 1790. The summed E-state index contributed by atoms with van der Waals surface area (Å²) in [4.78, 5) is 72.4. The van der Waals surface area contributed by atoms with Crippen LogP contribution in [-0.2, 0) is 65.4 Å². The molecule has 552 valence electrons. The number of ether oxygens (including phenoxy) is 4. The molecule has 0 aliphatic carbocycles. The number of phosphoric ester groups is 2. The second-order valence-electron chi connectivity index (χ2n) is 26.9. The van der Waals surface area contributed by atoms with Gasteiger partial charge in [0.15, 0.2) is 12.2 Å². The van der Waals surface area contributed by atoms with Gasteiger partial charge in [0.2, 0.25) is 0 Å². The molecule has 0 radical (unpaired) electrons. The summed E-state index contributed by atoms with van der Waals surface area (Å²) in [5.74, 6) is -1.41. The van der Waals surface area contributed by atoms with Gasteiger partial charge >= 0.3 is 39.5 Å². The summed E-state index contributed by atoms with van der Waals surface area (Å²) in [6.07, 6.45) is 56.2. The van der Waals surface area contributed by atoms with Gasteiger partial charge in [-0.2, -0.15) is 0 Å². The Balaban J connectivity index is 5.12. The molecular weight excluding hydrogens is 1220 g/mol. The minimum atomic E-state index is -4.95. The molecule has 0 aromatic heterocycles. The van der Waals surface area contributed by atoms with Crippen molar-refractivity contribution in [1.82, 2.24) is 0 Å². The van der Waals surface area contributed by atoms with Crippen molar-refractivity contribution in [3.8, 4) is 0 Å². The molecule has 3 N–H and O–H groups in total. The number of aliphatic hydroxyl groups excluding tert-OH is 1. The normalized spacial score (nSPS) is 14.3. The monoisotopic (exact) mass is 1370 g/mol. The highest BCUT2D eigenvalue weighted by atomic mass is 31.2. The molecule has 0 aromatic carbocycles. The minimum absolute atomic E-state index is 0.102. The van der Waals surface area contributed by atoms with Crippen molar-refractivity contribution < 1.29 is 80.2 Å². The van der Waals surface area contributed by atoms with Gasteiger partial charge in [-0.3, -0.25) is 37.3 Å². The minimum Gasteiger partial charge on any atom is -0.462 e. The maximum absolute atomic E-state index is 13.1. The third-order valence-electron chi connectivity index (χ3n) is 17.6. The molecule has 6 atom stereocenters. The van der Waals surface area contributed by atoms with Crippen LogP contribution < -0.4 is 0 Å². The van der Waals surface area contributed by atoms with Gasteiger partial charge in [0.05, 0.1) is 26.4 Å². The lowest BCUT2D eigenvalue weighted by Gasteiger charge is -2.21. The SMILES string of the molecule is CCCCCCCCCCCCCCCCCCCCCCC(=O)O[C@H](COC(=O)CCCCCCCCCCCCCCCCCCCC)COP(=O)(O)OC[C@@H](O)COP(=O)(O)OC[C@@H](COC(=O)CCCCCCC)OC(=O)CCCCCCCCC(C)CC. The van der Waals surface area contributed by atoms with Crippen molar-refractivity contribution in [2.75, 3.05) is 39.6 Å². The maximum Gasteiger partial charge on any atom is 0.472 e. The number of hydrogen-bond acceptors (Lipinski definition) is 15. The lowest BCUT2D eigenvalue weighted by Crippen LogP contribution is -2.30. The fourth-order valence-electron chi connectivity index (χ4n) is 11.3. The number of unbranched alkanes of at least 4 members (excludes halogenated alkanes) is 45. The van der Waals surface area contributed by atoms with Crippen molar-refractivity contribution in [2.45, 2.75) is 406 Å². The number of aliphatic hydroxyl groups is 1. The van der Waals surface area contributed by atoms with Gasteiger partial charge in [-0.25, -0.2) is 9.13 Å². The van der Waals surface area contributed by atoms with Crippen LogP contribution in [0, 0.1) is 5.92 Å². The lowest BCUT2D eigenvalue weighted by atomic mass is 10.00. The van der Waals surface area contributed by atoms with Gasteiger partial charge in [0.25, 0.3) is 0 Å². The Morgan fingerprint density at radius 2 is 0.516 bits per heavy atom. The van der Waals surface area contributed by atoms with E-state index in [0.717, 1.165) is 102 Å². The third-order valence-corrected chi connectivity index (χ3v) is 19.5. The van der Waals surface area contributed by atoms with Crippen LogP contribution in [0.2, 0.25) is 0 Å².